The fourth-order valence-electron chi connectivity index (χ4n) is 1.47. The van der Waals surface area contributed by atoms with E-state index >= 15 is 0 Å². The van der Waals surface area contributed by atoms with E-state index in [1.165, 1.54) is 6.07 Å². The maximum atomic E-state index is 10.9. The van der Waals surface area contributed by atoms with Crippen LogP contribution in [0.1, 0.15) is 0 Å². The van der Waals surface area contributed by atoms with E-state index in [-0.39, 0.29) is 5.69 Å². The van der Waals surface area contributed by atoms with Crippen molar-refractivity contribution in [1.82, 2.24) is 0 Å². The minimum absolute atomic E-state index is 0.0700. The summed E-state index contributed by atoms with van der Waals surface area (Å²) in [6, 6.07) is 14.9. The maximum absolute atomic E-state index is 10.9. The van der Waals surface area contributed by atoms with Gasteiger partial charge in [-0.2, -0.15) is 0 Å². The van der Waals surface area contributed by atoms with Gasteiger partial charge >= 0.3 is 0 Å². The highest BCUT2D eigenvalue weighted by Crippen LogP contribution is 2.30. The third-order valence-corrected chi connectivity index (χ3v) is 2.67. The second-order valence-electron chi connectivity index (χ2n) is 3.21. The van der Waals surface area contributed by atoms with Gasteiger partial charge in [-0.1, -0.05) is 34.1 Å². The molecule has 2 aromatic carbocycles. The molecule has 0 atom stereocenters. The van der Waals surface area contributed by atoms with Gasteiger partial charge in [0, 0.05) is 10.5 Å². The van der Waals surface area contributed by atoms with Crippen LogP contribution in [0.25, 0.3) is 11.1 Å². The van der Waals surface area contributed by atoms with E-state index < -0.39 is 4.92 Å². The van der Waals surface area contributed by atoms with Crippen LogP contribution < -0.4 is 0 Å². The molecule has 0 aliphatic rings. The monoisotopic (exact) mass is 276 g/mol. The lowest BCUT2D eigenvalue weighted by Gasteiger charge is -2.02. The zero-order valence-corrected chi connectivity index (χ0v) is 9.77. The SMILES string of the molecule is O=[N+]([O-])c1c[c]ccc1-c1cccc(Br)c1. The number of hydrogen-bond acceptors (Lipinski definition) is 2. The topological polar surface area (TPSA) is 43.1 Å². The van der Waals surface area contributed by atoms with Crippen molar-refractivity contribution < 1.29 is 4.92 Å². The number of benzene rings is 2. The normalized spacial score (nSPS) is 10.1. The summed E-state index contributed by atoms with van der Waals surface area (Å²) in [5, 5.41) is 10.9. The molecule has 0 spiro atoms. The molecule has 2 rings (SSSR count). The van der Waals surface area contributed by atoms with E-state index in [2.05, 4.69) is 22.0 Å². The van der Waals surface area contributed by atoms with Gasteiger partial charge in [-0.3, -0.25) is 10.1 Å². The Morgan fingerprint density at radius 2 is 2.12 bits per heavy atom. The molecular formula is C12H7BrNO2. The maximum Gasteiger partial charge on any atom is 0.277 e. The van der Waals surface area contributed by atoms with Crippen LogP contribution in [0.5, 0.6) is 0 Å². The summed E-state index contributed by atoms with van der Waals surface area (Å²) in [5.74, 6) is 0. The van der Waals surface area contributed by atoms with Gasteiger partial charge in [0.15, 0.2) is 0 Å². The van der Waals surface area contributed by atoms with E-state index in [1.807, 2.05) is 24.3 Å². The average Bonchev–Trinajstić information content (AvgIpc) is 2.29. The molecule has 79 valence electrons. The standard InChI is InChI=1S/C12H7BrNO2/c13-10-5-3-4-9(8-10)11-6-1-2-7-12(11)14(15)16/h1,3-8H. The highest BCUT2D eigenvalue weighted by Gasteiger charge is 2.13. The van der Waals surface area contributed by atoms with Gasteiger partial charge in [0.2, 0.25) is 0 Å². The van der Waals surface area contributed by atoms with Gasteiger partial charge in [0.1, 0.15) is 0 Å². The van der Waals surface area contributed by atoms with Crippen molar-refractivity contribution in [3.63, 3.8) is 0 Å². The van der Waals surface area contributed by atoms with Crippen LogP contribution in [0.4, 0.5) is 5.69 Å². The summed E-state index contributed by atoms with van der Waals surface area (Å²) in [7, 11) is 0. The molecule has 16 heavy (non-hydrogen) atoms. The van der Waals surface area contributed by atoms with Gasteiger partial charge < -0.3 is 0 Å². The number of nitro groups is 1. The Bertz CT molecular complexity index is 540. The molecule has 4 heteroatoms. The van der Waals surface area contributed by atoms with E-state index in [0.29, 0.717) is 5.56 Å². The van der Waals surface area contributed by atoms with Crippen LogP contribution in [-0.2, 0) is 0 Å². The molecule has 0 amide bonds. The first-order valence-electron chi connectivity index (χ1n) is 4.59. The lowest BCUT2D eigenvalue weighted by Crippen LogP contribution is -1.91. The van der Waals surface area contributed by atoms with Gasteiger partial charge in [0.05, 0.1) is 10.5 Å². The van der Waals surface area contributed by atoms with Crippen LogP contribution in [0.3, 0.4) is 0 Å². The highest BCUT2D eigenvalue weighted by atomic mass is 79.9. The lowest BCUT2D eigenvalue weighted by molar-refractivity contribution is -0.384. The molecule has 0 aromatic heterocycles. The molecule has 0 heterocycles. The zero-order chi connectivity index (χ0) is 11.5. The Hall–Kier alpha value is -1.68. The Morgan fingerprint density at radius 1 is 1.31 bits per heavy atom. The third kappa shape index (κ3) is 2.12. The third-order valence-electron chi connectivity index (χ3n) is 2.17. The number of nitro benzene ring substituents is 1. The lowest BCUT2D eigenvalue weighted by atomic mass is 10.0. The van der Waals surface area contributed by atoms with Crippen molar-refractivity contribution in [2.24, 2.45) is 0 Å². The fourth-order valence-corrected chi connectivity index (χ4v) is 1.87. The van der Waals surface area contributed by atoms with Crippen molar-refractivity contribution in [1.29, 1.82) is 0 Å². The van der Waals surface area contributed by atoms with Crippen LogP contribution in [-0.4, -0.2) is 4.92 Å². The van der Waals surface area contributed by atoms with Crippen LogP contribution in [0.15, 0.2) is 46.9 Å². The molecule has 0 bridgehead atoms. The van der Waals surface area contributed by atoms with E-state index in [1.54, 1.807) is 12.1 Å². The summed E-state index contributed by atoms with van der Waals surface area (Å²) in [6.45, 7) is 0. The second-order valence-corrected chi connectivity index (χ2v) is 4.13. The summed E-state index contributed by atoms with van der Waals surface area (Å²) in [5.41, 5.74) is 1.49. The van der Waals surface area contributed by atoms with Gasteiger partial charge in [-0.15, -0.1) is 0 Å². The molecule has 1 radical (unpaired) electrons. The van der Waals surface area contributed by atoms with Gasteiger partial charge in [-0.25, -0.2) is 0 Å². The first-order valence-corrected chi connectivity index (χ1v) is 5.38. The van der Waals surface area contributed by atoms with Crippen LogP contribution in [0.2, 0.25) is 0 Å². The zero-order valence-electron chi connectivity index (χ0n) is 8.18. The number of rotatable bonds is 2. The predicted octanol–water partition coefficient (Wildman–Crippen LogP) is 3.82. The molecule has 3 nitrogen and oxygen atoms in total. The molecule has 0 aliphatic heterocycles. The summed E-state index contributed by atoms with van der Waals surface area (Å²) < 4.78 is 0.895. The van der Waals surface area contributed by atoms with E-state index in [4.69, 9.17) is 0 Å². The van der Waals surface area contributed by atoms with E-state index in [0.717, 1.165) is 10.0 Å². The minimum Gasteiger partial charge on any atom is -0.258 e. The number of nitrogens with zero attached hydrogens (tertiary/aromatic N) is 1. The minimum atomic E-state index is -0.396. The summed E-state index contributed by atoms with van der Waals surface area (Å²) in [4.78, 5) is 10.5. The largest absolute Gasteiger partial charge is 0.277 e. The molecular weight excluding hydrogens is 270 g/mol. The van der Waals surface area contributed by atoms with Crippen LogP contribution in [0, 0.1) is 16.2 Å². The number of halogens is 1. The Morgan fingerprint density at radius 3 is 2.81 bits per heavy atom. The van der Waals surface area contributed by atoms with Crippen molar-refractivity contribution in [3.05, 3.63) is 63.1 Å². The fraction of sp³-hybridized carbons (Fsp3) is 0. The predicted molar refractivity (Wildman–Crippen MR) is 65.1 cm³/mol. The quantitative estimate of drug-likeness (QED) is 0.618. The van der Waals surface area contributed by atoms with Crippen molar-refractivity contribution in [3.8, 4) is 11.1 Å². The number of hydrogen-bond donors (Lipinski definition) is 0. The molecule has 0 N–H and O–H groups in total. The van der Waals surface area contributed by atoms with E-state index in [9.17, 15) is 10.1 Å². The highest BCUT2D eigenvalue weighted by molar-refractivity contribution is 9.10. The summed E-state index contributed by atoms with van der Waals surface area (Å²) in [6.07, 6.45) is 0. The van der Waals surface area contributed by atoms with Crippen molar-refractivity contribution in [2.45, 2.75) is 0 Å². The Labute approximate surface area is 101 Å². The van der Waals surface area contributed by atoms with Gasteiger partial charge in [-0.05, 0) is 29.8 Å². The van der Waals surface area contributed by atoms with Crippen molar-refractivity contribution >= 4 is 21.6 Å². The summed E-state index contributed by atoms with van der Waals surface area (Å²) >= 11 is 3.34. The van der Waals surface area contributed by atoms with Crippen LogP contribution >= 0.6 is 15.9 Å². The molecule has 2 aromatic rings. The molecule has 0 aliphatic carbocycles. The molecule has 0 fully saturated rings. The molecule has 0 unspecified atom stereocenters. The van der Waals surface area contributed by atoms with Gasteiger partial charge in [0.25, 0.3) is 5.69 Å². The molecule has 0 saturated carbocycles. The Kier molecular flexibility index (Phi) is 3.01. The molecule has 0 saturated heterocycles. The Balaban J connectivity index is 2.60. The van der Waals surface area contributed by atoms with Crippen molar-refractivity contribution in [2.75, 3.05) is 0 Å². The smallest absolute Gasteiger partial charge is 0.258 e. The second kappa shape index (κ2) is 4.45. The first kappa shape index (κ1) is 10.8. The first-order chi connectivity index (χ1) is 7.68. The average molecular weight is 277 g/mol.